The van der Waals surface area contributed by atoms with Crippen LogP contribution >= 0.6 is 0 Å². The lowest BCUT2D eigenvalue weighted by Gasteiger charge is -2.08. The summed E-state index contributed by atoms with van der Waals surface area (Å²) in [7, 11) is 0. The Morgan fingerprint density at radius 2 is 1.82 bits per heavy atom. The van der Waals surface area contributed by atoms with Crippen molar-refractivity contribution in [1.82, 2.24) is 0 Å². The number of hydrogen-bond acceptors (Lipinski definition) is 3. The minimum atomic E-state index is -1.63. The zero-order valence-electron chi connectivity index (χ0n) is 8.24. The van der Waals surface area contributed by atoms with Gasteiger partial charge in [0.1, 0.15) is 0 Å². The number of carboxylic acid groups (broad SMARTS) is 2. The molecule has 90 valence electrons. The number of carbonyl (C=O) groups is 2. The summed E-state index contributed by atoms with van der Waals surface area (Å²) in [4.78, 5) is 20.9. The SMILES string of the molecule is C=C(Oc1c(F)ccc(C(=O)O)c1F)C(=O)O. The van der Waals surface area contributed by atoms with Gasteiger partial charge >= 0.3 is 11.9 Å². The van der Waals surface area contributed by atoms with Crippen LogP contribution in [-0.2, 0) is 4.79 Å². The van der Waals surface area contributed by atoms with Gasteiger partial charge in [-0.2, -0.15) is 0 Å². The molecule has 0 radical (unpaired) electrons. The summed E-state index contributed by atoms with van der Waals surface area (Å²) in [5.74, 6) is -8.02. The third-order valence-electron chi connectivity index (χ3n) is 1.74. The minimum absolute atomic E-state index is 0.650. The van der Waals surface area contributed by atoms with Gasteiger partial charge in [0.2, 0.25) is 5.76 Å². The summed E-state index contributed by atoms with van der Waals surface area (Å²) in [6.45, 7) is 2.90. The molecule has 1 rings (SSSR count). The van der Waals surface area contributed by atoms with Gasteiger partial charge in [0, 0.05) is 0 Å². The topological polar surface area (TPSA) is 83.8 Å². The number of aliphatic carboxylic acids is 1. The fourth-order valence-electron chi connectivity index (χ4n) is 0.958. The van der Waals surface area contributed by atoms with Crippen molar-refractivity contribution >= 4 is 11.9 Å². The van der Waals surface area contributed by atoms with E-state index in [-0.39, 0.29) is 0 Å². The first-order valence-electron chi connectivity index (χ1n) is 4.16. The van der Waals surface area contributed by atoms with Gasteiger partial charge in [0.15, 0.2) is 17.4 Å². The van der Waals surface area contributed by atoms with E-state index in [1.165, 1.54) is 0 Å². The first-order chi connectivity index (χ1) is 7.84. The Morgan fingerprint density at radius 1 is 1.24 bits per heavy atom. The average molecular weight is 244 g/mol. The number of aromatic carboxylic acids is 1. The predicted octanol–water partition coefficient (Wildman–Crippen LogP) is 1.64. The zero-order chi connectivity index (χ0) is 13.2. The molecule has 0 aromatic heterocycles. The Bertz CT molecular complexity index is 510. The maximum Gasteiger partial charge on any atom is 0.371 e. The smallest absolute Gasteiger partial charge is 0.371 e. The zero-order valence-corrected chi connectivity index (χ0v) is 8.24. The lowest BCUT2D eigenvalue weighted by atomic mass is 10.2. The largest absolute Gasteiger partial charge is 0.478 e. The van der Waals surface area contributed by atoms with Crippen LogP contribution in [0.5, 0.6) is 5.75 Å². The molecule has 17 heavy (non-hydrogen) atoms. The Balaban J connectivity index is 3.23. The molecule has 0 aliphatic carbocycles. The molecule has 0 saturated carbocycles. The molecule has 2 N–H and O–H groups in total. The van der Waals surface area contributed by atoms with Crippen LogP contribution in [-0.4, -0.2) is 22.2 Å². The maximum atomic E-state index is 13.4. The predicted molar refractivity (Wildman–Crippen MR) is 50.7 cm³/mol. The van der Waals surface area contributed by atoms with Crippen LogP contribution in [0.15, 0.2) is 24.5 Å². The van der Waals surface area contributed by atoms with Crippen LogP contribution in [0.25, 0.3) is 0 Å². The molecule has 5 nitrogen and oxygen atoms in total. The van der Waals surface area contributed by atoms with Gasteiger partial charge < -0.3 is 14.9 Å². The highest BCUT2D eigenvalue weighted by molar-refractivity contribution is 5.89. The molecule has 0 aliphatic rings. The van der Waals surface area contributed by atoms with Gasteiger partial charge in [-0.3, -0.25) is 0 Å². The average Bonchev–Trinajstić information content (AvgIpc) is 2.22. The molecule has 0 saturated heterocycles. The van der Waals surface area contributed by atoms with E-state index in [1.54, 1.807) is 0 Å². The van der Waals surface area contributed by atoms with E-state index in [9.17, 15) is 18.4 Å². The highest BCUT2D eigenvalue weighted by Crippen LogP contribution is 2.26. The summed E-state index contributed by atoms with van der Waals surface area (Å²) in [6.07, 6.45) is 0. The third-order valence-corrected chi connectivity index (χ3v) is 1.74. The maximum absolute atomic E-state index is 13.4. The van der Waals surface area contributed by atoms with Crippen molar-refractivity contribution in [3.63, 3.8) is 0 Å². The normalized spacial score (nSPS) is 9.76. The van der Waals surface area contributed by atoms with Gasteiger partial charge in [-0.05, 0) is 18.7 Å². The molecule has 1 aromatic rings. The molecule has 0 bridgehead atoms. The van der Waals surface area contributed by atoms with Gasteiger partial charge in [-0.25, -0.2) is 18.4 Å². The van der Waals surface area contributed by atoms with E-state index in [0.717, 1.165) is 0 Å². The molecular weight excluding hydrogens is 238 g/mol. The molecular formula is C10H6F2O5. The van der Waals surface area contributed by atoms with Crippen LogP contribution in [0.3, 0.4) is 0 Å². The van der Waals surface area contributed by atoms with E-state index in [4.69, 9.17) is 10.2 Å². The van der Waals surface area contributed by atoms with Gasteiger partial charge in [-0.15, -0.1) is 0 Å². The Labute approximate surface area is 93.6 Å². The van der Waals surface area contributed by atoms with Crippen molar-refractivity contribution in [2.75, 3.05) is 0 Å². The first-order valence-corrected chi connectivity index (χ1v) is 4.16. The number of rotatable bonds is 4. The van der Waals surface area contributed by atoms with Gasteiger partial charge in [0.05, 0.1) is 5.56 Å². The number of ether oxygens (including phenoxy) is 1. The quantitative estimate of drug-likeness (QED) is 0.621. The van der Waals surface area contributed by atoms with E-state index < -0.39 is 40.6 Å². The van der Waals surface area contributed by atoms with E-state index in [0.29, 0.717) is 12.1 Å². The molecule has 0 heterocycles. The molecule has 0 fully saturated rings. The highest BCUT2D eigenvalue weighted by Gasteiger charge is 2.21. The minimum Gasteiger partial charge on any atom is -0.478 e. The van der Waals surface area contributed by atoms with E-state index in [2.05, 4.69) is 11.3 Å². The van der Waals surface area contributed by atoms with Crippen molar-refractivity contribution in [2.45, 2.75) is 0 Å². The van der Waals surface area contributed by atoms with Crippen LogP contribution in [0, 0.1) is 11.6 Å². The lowest BCUT2D eigenvalue weighted by Crippen LogP contribution is -2.10. The molecule has 0 spiro atoms. The highest BCUT2D eigenvalue weighted by atomic mass is 19.1. The molecule has 7 heteroatoms. The Hall–Kier alpha value is -2.44. The molecule has 0 aliphatic heterocycles. The fraction of sp³-hybridized carbons (Fsp3) is 0. The van der Waals surface area contributed by atoms with Crippen LogP contribution < -0.4 is 4.74 Å². The number of hydrogen-bond donors (Lipinski definition) is 2. The standard InChI is InChI=1S/C10H6F2O5/c1-4(9(13)14)17-8-6(11)3-2-5(7(8)12)10(15)16/h2-3H,1H2,(H,13,14)(H,15,16). The van der Waals surface area contributed by atoms with Crippen molar-refractivity contribution in [3.8, 4) is 5.75 Å². The van der Waals surface area contributed by atoms with Crippen molar-refractivity contribution in [2.24, 2.45) is 0 Å². The Morgan fingerprint density at radius 3 is 2.29 bits per heavy atom. The van der Waals surface area contributed by atoms with Gasteiger partial charge in [-0.1, -0.05) is 0 Å². The monoisotopic (exact) mass is 244 g/mol. The first kappa shape index (κ1) is 12.6. The second-order valence-corrected chi connectivity index (χ2v) is 2.87. The van der Waals surface area contributed by atoms with Crippen molar-refractivity contribution in [3.05, 3.63) is 41.7 Å². The van der Waals surface area contributed by atoms with E-state index in [1.807, 2.05) is 0 Å². The number of halogens is 2. The van der Waals surface area contributed by atoms with Crippen molar-refractivity contribution in [1.29, 1.82) is 0 Å². The fourth-order valence-corrected chi connectivity index (χ4v) is 0.958. The summed E-state index contributed by atoms with van der Waals surface area (Å²) in [5.41, 5.74) is -0.834. The lowest BCUT2D eigenvalue weighted by molar-refractivity contribution is -0.135. The van der Waals surface area contributed by atoms with Crippen LogP contribution in [0.2, 0.25) is 0 Å². The molecule has 0 atom stereocenters. The van der Waals surface area contributed by atoms with Gasteiger partial charge in [0.25, 0.3) is 0 Å². The summed E-state index contributed by atoms with van der Waals surface area (Å²) in [5, 5.41) is 17.0. The summed E-state index contributed by atoms with van der Waals surface area (Å²) in [6, 6.07) is 1.35. The summed E-state index contributed by atoms with van der Waals surface area (Å²) >= 11 is 0. The number of benzene rings is 1. The molecule has 0 amide bonds. The second kappa shape index (κ2) is 4.60. The second-order valence-electron chi connectivity index (χ2n) is 2.87. The van der Waals surface area contributed by atoms with Crippen LogP contribution in [0.1, 0.15) is 10.4 Å². The Kier molecular flexibility index (Phi) is 3.42. The van der Waals surface area contributed by atoms with E-state index >= 15 is 0 Å². The summed E-state index contributed by atoms with van der Waals surface area (Å²) < 4.78 is 30.9. The van der Waals surface area contributed by atoms with Crippen LogP contribution in [0.4, 0.5) is 8.78 Å². The molecule has 0 unspecified atom stereocenters. The number of carboxylic acids is 2. The van der Waals surface area contributed by atoms with Crippen molar-refractivity contribution < 1.29 is 33.3 Å². The third kappa shape index (κ3) is 2.57. The molecule has 1 aromatic carbocycles.